The van der Waals surface area contributed by atoms with Crippen LogP contribution in [0.2, 0.25) is 0 Å². The molecule has 5 nitrogen and oxygen atoms in total. The molecular formula is C25H41N3O2. The topological polar surface area (TPSA) is 52.7 Å². The molecule has 5 heteroatoms. The van der Waals surface area contributed by atoms with Crippen molar-refractivity contribution in [1.29, 1.82) is 0 Å². The number of rotatable bonds is 12. The normalized spacial score (nSPS) is 14.3. The molecule has 0 radical (unpaired) electrons. The highest BCUT2D eigenvalue weighted by molar-refractivity contribution is 5.90. The van der Waals surface area contributed by atoms with Crippen molar-refractivity contribution in [3.63, 3.8) is 0 Å². The summed E-state index contributed by atoms with van der Waals surface area (Å²) in [5.41, 5.74) is 2.01. The van der Waals surface area contributed by atoms with Crippen LogP contribution >= 0.6 is 0 Å². The van der Waals surface area contributed by atoms with E-state index in [1.807, 2.05) is 17.0 Å². The number of carbonyl (C=O) groups excluding carboxylic acids is 2. The predicted molar refractivity (Wildman–Crippen MR) is 126 cm³/mol. The van der Waals surface area contributed by atoms with Gasteiger partial charge in [-0.05, 0) is 43.5 Å². The number of hydrogen-bond acceptors (Lipinski definition) is 3. The summed E-state index contributed by atoms with van der Waals surface area (Å²) in [4.78, 5) is 29.0. The van der Waals surface area contributed by atoms with Gasteiger partial charge >= 0.3 is 0 Å². The zero-order valence-corrected chi connectivity index (χ0v) is 19.3. The van der Waals surface area contributed by atoms with Gasteiger partial charge in [-0.15, -0.1) is 0 Å². The van der Waals surface area contributed by atoms with E-state index in [0.717, 1.165) is 63.2 Å². The molecule has 1 saturated heterocycles. The van der Waals surface area contributed by atoms with Gasteiger partial charge in [0.05, 0.1) is 0 Å². The molecule has 168 valence electrons. The molecule has 1 fully saturated rings. The third-order valence-corrected chi connectivity index (χ3v) is 6.20. The van der Waals surface area contributed by atoms with E-state index in [4.69, 9.17) is 0 Å². The molecule has 0 spiro atoms. The highest BCUT2D eigenvalue weighted by Gasteiger charge is 2.25. The van der Waals surface area contributed by atoms with Crippen molar-refractivity contribution in [3.8, 4) is 0 Å². The minimum absolute atomic E-state index is 0.103. The van der Waals surface area contributed by atoms with Gasteiger partial charge in [0.15, 0.2) is 0 Å². The summed E-state index contributed by atoms with van der Waals surface area (Å²) in [6, 6.07) is 8.10. The first-order valence-corrected chi connectivity index (χ1v) is 12.0. The summed E-state index contributed by atoms with van der Waals surface area (Å²) < 4.78 is 0. The van der Waals surface area contributed by atoms with Crippen molar-refractivity contribution in [2.24, 2.45) is 5.92 Å². The monoisotopic (exact) mass is 415 g/mol. The fraction of sp³-hybridized carbons (Fsp3) is 0.680. The van der Waals surface area contributed by atoms with E-state index >= 15 is 0 Å². The quantitative estimate of drug-likeness (QED) is 0.461. The molecule has 1 aliphatic rings. The van der Waals surface area contributed by atoms with Gasteiger partial charge < -0.3 is 15.1 Å². The molecule has 0 unspecified atom stereocenters. The first kappa shape index (κ1) is 24.2. The molecular weight excluding hydrogens is 374 g/mol. The van der Waals surface area contributed by atoms with E-state index in [2.05, 4.69) is 43.1 Å². The lowest BCUT2D eigenvalue weighted by Gasteiger charge is -2.37. The molecule has 2 rings (SSSR count). The number of amides is 2. The van der Waals surface area contributed by atoms with Crippen LogP contribution in [-0.2, 0) is 9.59 Å². The molecule has 1 aliphatic heterocycles. The van der Waals surface area contributed by atoms with E-state index in [-0.39, 0.29) is 11.8 Å². The van der Waals surface area contributed by atoms with Gasteiger partial charge in [-0.3, -0.25) is 9.59 Å². The molecule has 1 aromatic carbocycles. The lowest BCUT2D eigenvalue weighted by atomic mass is 10.0. The molecule has 2 amide bonds. The Hall–Kier alpha value is -2.04. The third-order valence-electron chi connectivity index (χ3n) is 6.20. The maximum atomic E-state index is 12.6. The summed E-state index contributed by atoms with van der Waals surface area (Å²) in [6.07, 6.45) is 9.59. The van der Waals surface area contributed by atoms with E-state index < -0.39 is 0 Å². The SMILES string of the molecule is CCCCCCCCC(=O)Nc1ccc(N2CCN(C(=O)C(CC)CC)CC2)cc1. The second-order valence-electron chi connectivity index (χ2n) is 8.44. The van der Waals surface area contributed by atoms with Crippen molar-refractivity contribution < 1.29 is 9.59 Å². The molecule has 0 saturated carbocycles. The Kier molecular flexibility index (Phi) is 10.7. The first-order valence-electron chi connectivity index (χ1n) is 12.0. The number of carbonyl (C=O) groups is 2. The summed E-state index contributed by atoms with van der Waals surface area (Å²) in [5, 5.41) is 3.01. The molecule has 1 heterocycles. The molecule has 30 heavy (non-hydrogen) atoms. The average Bonchev–Trinajstić information content (AvgIpc) is 2.77. The van der Waals surface area contributed by atoms with Crippen molar-refractivity contribution >= 4 is 23.2 Å². The Morgan fingerprint density at radius 2 is 1.47 bits per heavy atom. The number of anilines is 2. The summed E-state index contributed by atoms with van der Waals surface area (Å²) in [6.45, 7) is 9.69. The van der Waals surface area contributed by atoms with Crippen LogP contribution in [0.3, 0.4) is 0 Å². The molecule has 1 aromatic rings. The van der Waals surface area contributed by atoms with Crippen LogP contribution < -0.4 is 10.2 Å². The fourth-order valence-corrected chi connectivity index (χ4v) is 4.13. The summed E-state index contributed by atoms with van der Waals surface area (Å²) in [5.74, 6) is 0.575. The predicted octanol–water partition coefficient (Wildman–Crippen LogP) is 5.46. The minimum atomic E-state index is 0.103. The lowest BCUT2D eigenvalue weighted by molar-refractivity contribution is -0.136. The second-order valence-corrected chi connectivity index (χ2v) is 8.44. The third kappa shape index (κ3) is 7.66. The van der Waals surface area contributed by atoms with Gasteiger partial charge in [0.1, 0.15) is 0 Å². The van der Waals surface area contributed by atoms with Gasteiger partial charge in [0, 0.05) is 49.9 Å². The largest absolute Gasteiger partial charge is 0.368 e. The number of nitrogens with one attached hydrogen (secondary N) is 1. The second kappa shape index (κ2) is 13.3. The molecule has 0 bridgehead atoms. The van der Waals surface area contributed by atoms with E-state index in [9.17, 15) is 9.59 Å². The number of nitrogens with zero attached hydrogens (tertiary/aromatic N) is 2. The van der Waals surface area contributed by atoms with E-state index in [0.29, 0.717) is 12.3 Å². The summed E-state index contributed by atoms with van der Waals surface area (Å²) >= 11 is 0. The Labute approximate surface area is 183 Å². The van der Waals surface area contributed by atoms with Gasteiger partial charge in [0.2, 0.25) is 11.8 Å². The van der Waals surface area contributed by atoms with Crippen LogP contribution in [0.25, 0.3) is 0 Å². The molecule has 0 aliphatic carbocycles. The van der Waals surface area contributed by atoms with Crippen molar-refractivity contribution in [2.45, 2.75) is 78.6 Å². The van der Waals surface area contributed by atoms with Crippen molar-refractivity contribution in [2.75, 3.05) is 36.4 Å². The summed E-state index contributed by atoms with van der Waals surface area (Å²) in [7, 11) is 0. The average molecular weight is 416 g/mol. The lowest BCUT2D eigenvalue weighted by Crippen LogP contribution is -2.50. The first-order chi connectivity index (χ1) is 14.6. The highest BCUT2D eigenvalue weighted by atomic mass is 16.2. The van der Waals surface area contributed by atoms with Crippen LogP contribution in [0.1, 0.15) is 78.6 Å². The Balaban J connectivity index is 1.73. The van der Waals surface area contributed by atoms with Gasteiger partial charge in [0.25, 0.3) is 0 Å². The van der Waals surface area contributed by atoms with Crippen LogP contribution in [-0.4, -0.2) is 42.9 Å². The van der Waals surface area contributed by atoms with Crippen molar-refractivity contribution in [1.82, 2.24) is 4.90 Å². The maximum Gasteiger partial charge on any atom is 0.225 e. The Morgan fingerprint density at radius 3 is 2.07 bits per heavy atom. The van der Waals surface area contributed by atoms with Crippen LogP contribution in [0.4, 0.5) is 11.4 Å². The highest BCUT2D eigenvalue weighted by Crippen LogP contribution is 2.21. The Bertz CT molecular complexity index is 632. The number of unbranched alkanes of at least 4 members (excludes halogenated alkanes) is 5. The van der Waals surface area contributed by atoms with E-state index in [1.165, 1.54) is 25.7 Å². The molecule has 0 atom stereocenters. The van der Waals surface area contributed by atoms with Gasteiger partial charge in [-0.1, -0.05) is 52.9 Å². The molecule has 1 N–H and O–H groups in total. The Morgan fingerprint density at radius 1 is 0.867 bits per heavy atom. The van der Waals surface area contributed by atoms with Gasteiger partial charge in [-0.2, -0.15) is 0 Å². The number of benzene rings is 1. The molecule has 0 aromatic heterocycles. The number of hydrogen-bond donors (Lipinski definition) is 1. The van der Waals surface area contributed by atoms with Gasteiger partial charge in [-0.25, -0.2) is 0 Å². The van der Waals surface area contributed by atoms with Crippen LogP contribution in [0.15, 0.2) is 24.3 Å². The zero-order chi connectivity index (χ0) is 21.8. The zero-order valence-electron chi connectivity index (χ0n) is 19.3. The maximum absolute atomic E-state index is 12.6. The van der Waals surface area contributed by atoms with Crippen molar-refractivity contribution in [3.05, 3.63) is 24.3 Å². The fourth-order valence-electron chi connectivity index (χ4n) is 4.13. The smallest absolute Gasteiger partial charge is 0.225 e. The van der Waals surface area contributed by atoms with Crippen LogP contribution in [0, 0.1) is 5.92 Å². The number of piperazine rings is 1. The minimum Gasteiger partial charge on any atom is -0.368 e. The van der Waals surface area contributed by atoms with Crippen LogP contribution in [0.5, 0.6) is 0 Å². The van der Waals surface area contributed by atoms with E-state index in [1.54, 1.807) is 0 Å². The standard InChI is InChI=1S/C25H41N3O2/c1-4-7-8-9-10-11-12-24(29)26-22-13-15-23(16-14-22)27-17-19-28(20-18-27)25(30)21(5-2)6-3/h13-16,21H,4-12,17-20H2,1-3H3,(H,26,29).